The molecule has 8 heteroatoms. The first-order valence-corrected chi connectivity index (χ1v) is 7.73. The van der Waals surface area contributed by atoms with Crippen LogP contribution in [-0.2, 0) is 4.79 Å². The SMILES string of the molecule is O=C(NCCN1C(=O)CSC1=O)c1csc(Br)c1. The van der Waals surface area contributed by atoms with E-state index >= 15 is 0 Å². The molecule has 1 aromatic heterocycles. The highest BCUT2D eigenvalue weighted by Gasteiger charge is 2.29. The summed E-state index contributed by atoms with van der Waals surface area (Å²) in [6.07, 6.45) is 0. The number of thioether (sulfide) groups is 1. The first-order valence-electron chi connectivity index (χ1n) is 5.07. The topological polar surface area (TPSA) is 66.5 Å². The summed E-state index contributed by atoms with van der Waals surface area (Å²) >= 11 is 5.69. The van der Waals surface area contributed by atoms with Gasteiger partial charge in [-0.3, -0.25) is 19.3 Å². The van der Waals surface area contributed by atoms with Crippen molar-refractivity contribution in [2.24, 2.45) is 0 Å². The van der Waals surface area contributed by atoms with Gasteiger partial charge in [-0.25, -0.2) is 0 Å². The Morgan fingerprint density at radius 1 is 1.50 bits per heavy atom. The van der Waals surface area contributed by atoms with Crippen LogP contribution >= 0.6 is 39.0 Å². The number of hydrogen-bond acceptors (Lipinski definition) is 5. The van der Waals surface area contributed by atoms with Crippen molar-refractivity contribution in [3.8, 4) is 0 Å². The van der Waals surface area contributed by atoms with E-state index in [4.69, 9.17) is 0 Å². The molecule has 0 radical (unpaired) electrons. The molecule has 1 aromatic rings. The Hall–Kier alpha value is -0.860. The van der Waals surface area contributed by atoms with Gasteiger partial charge >= 0.3 is 0 Å². The lowest BCUT2D eigenvalue weighted by molar-refractivity contribution is -0.124. The summed E-state index contributed by atoms with van der Waals surface area (Å²) in [4.78, 5) is 35.4. The maximum Gasteiger partial charge on any atom is 0.288 e. The summed E-state index contributed by atoms with van der Waals surface area (Å²) < 4.78 is 0.883. The van der Waals surface area contributed by atoms with Gasteiger partial charge in [0.1, 0.15) is 0 Å². The van der Waals surface area contributed by atoms with Crippen molar-refractivity contribution in [3.63, 3.8) is 0 Å². The van der Waals surface area contributed by atoms with E-state index in [0.29, 0.717) is 5.56 Å². The van der Waals surface area contributed by atoms with Crippen molar-refractivity contribution in [3.05, 3.63) is 20.8 Å². The van der Waals surface area contributed by atoms with Crippen LogP contribution in [0.5, 0.6) is 0 Å². The van der Waals surface area contributed by atoms with Crippen LogP contribution < -0.4 is 5.32 Å². The molecule has 18 heavy (non-hydrogen) atoms. The fraction of sp³-hybridized carbons (Fsp3) is 0.300. The fourth-order valence-corrected chi connectivity index (χ4v) is 3.30. The van der Waals surface area contributed by atoms with Crippen molar-refractivity contribution in [2.45, 2.75) is 0 Å². The molecule has 2 rings (SSSR count). The van der Waals surface area contributed by atoms with E-state index in [0.717, 1.165) is 20.4 Å². The molecule has 0 aliphatic carbocycles. The summed E-state index contributed by atoms with van der Waals surface area (Å²) in [7, 11) is 0. The molecule has 1 N–H and O–H groups in total. The fourth-order valence-electron chi connectivity index (χ4n) is 1.41. The van der Waals surface area contributed by atoms with Crippen molar-refractivity contribution < 1.29 is 14.4 Å². The van der Waals surface area contributed by atoms with Gasteiger partial charge < -0.3 is 5.32 Å². The largest absolute Gasteiger partial charge is 0.350 e. The molecule has 0 saturated carbocycles. The van der Waals surface area contributed by atoms with Gasteiger partial charge in [0.15, 0.2) is 0 Å². The minimum atomic E-state index is -0.243. The van der Waals surface area contributed by atoms with Crippen LogP contribution in [0.2, 0.25) is 0 Å². The standard InChI is InChI=1S/C10H9BrN2O3S2/c11-7-3-6(4-17-7)9(15)12-1-2-13-8(14)5-18-10(13)16/h3-4H,1-2,5H2,(H,12,15). The average molecular weight is 349 g/mol. The molecule has 2 heterocycles. The van der Waals surface area contributed by atoms with E-state index in [-0.39, 0.29) is 35.9 Å². The highest BCUT2D eigenvalue weighted by Crippen LogP contribution is 2.20. The molecular weight excluding hydrogens is 340 g/mol. The van der Waals surface area contributed by atoms with E-state index < -0.39 is 0 Å². The Morgan fingerprint density at radius 2 is 2.28 bits per heavy atom. The highest BCUT2D eigenvalue weighted by molar-refractivity contribution is 9.11. The van der Waals surface area contributed by atoms with Crippen LogP contribution in [0.3, 0.4) is 0 Å². The molecule has 1 aliphatic heterocycles. The second kappa shape index (κ2) is 5.85. The van der Waals surface area contributed by atoms with Crippen LogP contribution in [0.4, 0.5) is 4.79 Å². The second-order valence-electron chi connectivity index (χ2n) is 3.50. The van der Waals surface area contributed by atoms with E-state index in [1.54, 1.807) is 11.4 Å². The smallest absolute Gasteiger partial charge is 0.288 e. The van der Waals surface area contributed by atoms with Crippen molar-refractivity contribution in [1.82, 2.24) is 10.2 Å². The van der Waals surface area contributed by atoms with Gasteiger partial charge in [-0.15, -0.1) is 11.3 Å². The van der Waals surface area contributed by atoms with E-state index in [1.807, 2.05) is 0 Å². The summed E-state index contributed by atoms with van der Waals surface area (Å²) in [5.74, 6) is -0.203. The van der Waals surface area contributed by atoms with E-state index in [1.165, 1.54) is 11.3 Å². The van der Waals surface area contributed by atoms with E-state index in [2.05, 4.69) is 21.2 Å². The highest BCUT2D eigenvalue weighted by atomic mass is 79.9. The zero-order chi connectivity index (χ0) is 13.1. The van der Waals surface area contributed by atoms with Crippen LogP contribution in [0.1, 0.15) is 10.4 Å². The van der Waals surface area contributed by atoms with Crippen molar-refractivity contribution >= 4 is 56.1 Å². The number of halogens is 1. The third-order valence-corrected chi connectivity index (χ3v) is 4.65. The van der Waals surface area contributed by atoms with Gasteiger partial charge in [0.2, 0.25) is 5.91 Å². The summed E-state index contributed by atoms with van der Waals surface area (Å²) in [6, 6.07) is 1.72. The van der Waals surface area contributed by atoms with Crippen LogP contribution in [-0.4, -0.2) is 40.8 Å². The maximum atomic E-state index is 11.7. The molecular formula is C10H9BrN2O3S2. The third-order valence-electron chi connectivity index (χ3n) is 2.29. The number of thiophene rings is 1. The Kier molecular flexibility index (Phi) is 4.41. The van der Waals surface area contributed by atoms with Crippen molar-refractivity contribution in [1.29, 1.82) is 0 Å². The Balaban J connectivity index is 1.80. The molecule has 1 saturated heterocycles. The number of rotatable bonds is 4. The predicted octanol–water partition coefficient (Wildman–Crippen LogP) is 1.94. The summed E-state index contributed by atoms with van der Waals surface area (Å²) in [6.45, 7) is 0.492. The Bertz CT molecular complexity index is 487. The quantitative estimate of drug-likeness (QED) is 0.902. The Labute approximate surface area is 120 Å². The number of imide groups is 1. The molecule has 3 amide bonds. The number of amides is 3. The van der Waals surface area contributed by atoms with Crippen molar-refractivity contribution in [2.75, 3.05) is 18.8 Å². The van der Waals surface area contributed by atoms with Crippen LogP contribution in [0.25, 0.3) is 0 Å². The lowest BCUT2D eigenvalue weighted by Gasteiger charge is -2.12. The predicted molar refractivity (Wildman–Crippen MR) is 73.9 cm³/mol. The van der Waals surface area contributed by atoms with Crippen LogP contribution in [0, 0.1) is 0 Å². The molecule has 0 aromatic carbocycles. The minimum absolute atomic E-state index is 0.197. The normalized spacial score (nSPS) is 15.3. The third kappa shape index (κ3) is 3.12. The number of nitrogens with one attached hydrogen (secondary N) is 1. The molecule has 0 atom stereocenters. The maximum absolute atomic E-state index is 11.7. The van der Waals surface area contributed by atoms with E-state index in [9.17, 15) is 14.4 Å². The summed E-state index contributed by atoms with van der Waals surface area (Å²) in [5, 5.41) is 4.17. The molecule has 1 aliphatic rings. The van der Waals surface area contributed by atoms with Gasteiger partial charge in [-0.2, -0.15) is 0 Å². The van der Waals surface area contributed by atoms with Gasteiger partial charge in [0, 0.05) is 18.5 Å². The monoisotopic (exact) mass is 348 g/mol. The number of hydrogen-bond donors (Lipinski definition) is 1. The first-order chi connectivity index (χ1) is 8.58. The lowest BCUT2D eigenvalue weighted by Crippen LogP contribution is -2.37. The average Bonchev–Trinajstić information content (AvgIpc) is 2.89. The molecule has 0 bridgehead atoms. The number of carbonyl (C=O) groups is 3. The van der Waals surface area contributed by atoms with Gasteiger partial charge in [-0.05, 0) is 22.0 Å². The molecule has 0 spiro atoms. The van der Waals surface area contributed by atoms with Gasteiger partial charge in [-0.1, -0.05) is 11.8 Å². The number of carbonyl (C=O) groups excluding carboxylic acids is 3. The zero-order valence-corrected chi connectivity index (χ0v) is 12.4. The zero-order valence-electron chi connectivity index (χ0n) is 9.14. The molecule has 96 valence electrons. The minimum Gasteiger partial charge on any atom is -0.350 e. The molecule has 5 nitrogen and oxygen atoms in total. The van der Waals surface area contributed by atoms with Gasteiger partial charge in [0.25, 0.3) is 11.1 Å². The summed E-state index contributed by atoms with van der Waals surface area (Å²) in [5.41, 5.74) is 0.570. The lowest BCUT2D eigenvalue weighted by atomic mass is 10.3. The first kappa shape index (κ1) is 13.6. The second-order valence-corrected chi connectivity index (χ2v) is 6.71. The van der Waals surface area contributed by atoms with Crippen LogP contribution in [0.15, 0.2) is 15.2 Å². The molecule has 1 fully saturated rings. The van der Waals surface area contributed by atoms with Gasteiger partial charge in [0.05, 0.1) is 15.1 Å². The Morgan fingerprint density at radius 3 is 2.83 bits per heavy atom. The molecule has 0 unspecified atom stereocenters. The number of nitrogens with zero attached hydrogens (tertiary/aromatic N) is 1.